The molecular formula is C50H99NO13. The fraction of sp³-hybridized carbons (Fsp3) is 0.980. The van der Waals surface area contributed by atoms with Gasteiger partial charge in [-0.15, -0.1) is 0 Å². The Bertz CT molecular complexity index is 1060. The number of aliphatic hydroxyl groups excluding tert-OH is 10. The minimum atomic E-state index is -2.00. The summed E-state index contributed by atoms with van der Waals surface area (Å²) in [7, 11) is 0. The van der Waals surface area contributed by atoms with E-state index in [1.165, 1.54) is 135 Å². The molecule has 0 radical (unpaired) electrons. The van der Waals surface area contributed by atoms with Gasteiger partial charge in [0.1, 0.15) is 42.7 Å². The molecule has 64 heavy (non-hydrogen) atoms. The molecular weight excluding hydrogens is 823 g/mol. The molecule has 1 fully saturated rings. The van der Waals surface area contributed by atoms with Gasteiger partial charge in [-0.1, -0.05) is 213 Å². The van der Waals surface area contributed by atoms with Crippen molar-refractivity contribution in [3.63, 3.8) is 0 Å². The quantitative estimate of drug-likeness (QED) is 0.0298. The van der Waals surface area contributed by atoms with Crippen molar-refractivity contribution in [3.8, 4) is 0 Å². The van der Waals surface area contributed by atoms with E-state index in [0.717, 1.165) is 51.4 Å². The number of ether oxygens (including phenoxy) is 2. The van der Waals surface area contributed by atoms with E-state index in [9.17, 15) is 55.9 Å². The SMILES string of the molecule is CCCCCCCCCCCCCCCCCCCCCCCC(O)C(O)C(=O)NC(CO[C@H]1O[C@H](CO)[C@H](O)[C@H](O)[C@H]1O)C(O)C(O)C(O)C(O)CCCCCCCCCCCC. The van der Waals surface area contributed by atoms with Crippen LogP contribution in [0.4, 0.5) is 0 Å². The smallest absolute Gasteiger partial charge is 0.251 e. The zero-order valence-electron chi connectivity index (χ0n) is 40.4. The number of unbranched alkanes of at least 4 members (excludes halogenated alkanes) is 29. The Morgan fingerprint density at radius 2 is 0.844 bits per heavy atom. The van der Waals surface area contributed by atoms with Crippen LogP contribution < -0.4 is 5.32 Å². The summed E-state index contributed by atoms with van der Waals surface area (Å²) >= 11 is 0. The molecule has 1 aliphatic heterocycles. The number of rotatable bonds is 44. The minimum Gasteiger partial charge on any atom is -0.394 e. The highest BCUT2D eigenvalue weighted by Gasteiger charge is 2.45. The maximum absolute atomic E-state index is 13.2. The van der Waals surface area contributed by atoms with Crippen LogP contribution in [0.1, 0.15) is 226 Å². The third-order valence-electron chi connectivity index (χ3n) is 13.2. The molecule has 1 saturated heterocycles. The Morgan fingerprint density at radius 1 is 0.484 bits per heavy atom. The predicted octanol–water partition coefficient (Wildman–Crippen LogP) is 6.37. The maximum Gasteiger partial charge on any atom is 0.251 e. The van der Waals surface area contributed by atoms with Gasteiger partial charge in [-0.3, -0.25) is 4.79 Å². The highest BCUT2D eigenvalue weighted by Crippen LogP contribution is 2.24. The van der Waals surface area contributed by atoms with Crippen LogP contribution in [0.2, 0.25) is 0 Å². The molecule has 1 heterocycles. The molecule has 11 N–H and O–H groups in total. The van der Waals surface area contributed by atoms with E-state index in [4.69, 9.17) is 9.47 Å². The van der Waals surface area contributed by atoms with Crippen LogP contribution in [0.15, 0.2) is 0 Å². The van der Waals surface area contributed by atoms with E-state index < -0.39 is 92.5 Å². The number of hydrogen-bond acceptors (Lipinski definition) is 13. The maximum atomic E-state index is 13.2. The summed E-state index contributed by atoms with van der Waals surface area (Å²) in [6, 6.07) is -1.58. The summed E-state index contributed by atoms with van der Waals surface area (Å²) in [5.74, 6) is -1.09. The second-order valence-electron chi connectivity index (χ2n) is 19.0. The highest BCUT2D eigenvalue weighted by molar-refractivity contribution is 5.81. The summed E-state index contributed by atoms with van der Waals surface area (Å²) in [6.07, 6.45) is 18.4. The van der Waals surface area contributed by atoms with Crippen LogP contribution in [0, 0.1) is 0 Å². The summed E-state index contributed by atoms with van der Waals surface area (Å²) in [4.78, 5) is 13.2. The third-order valence-corrected chi connectivity index (χ3v) is 13.2. The van der Waals surface area contributed by atoms with Gasteiger partial charge in [0.2, 0.25) is 0 Å². The lowest BCUT2D eigenvalue weighted by Gasteiger charge is -2.40. The van der Waals surface area contributed by atoms with Crippen LogP contribution in [-0.2, 0) is 14.3 Å². The molecule has 0 aliphatic carbocycles. The zero-order valence-corrected chi connectivity index (χ0v) is 40.4. The van der Waals surface area contributed by atoms with Crippen molar-refractivity contribution in [2.45, 2.75) is 299 Å². The van der Waals surface area contributed by atoms with E-state index in [1.54, 1.807) is 0 Å². The first-order valence-electron chi connectivity index (χ1n) is 26.2. The summed E-state index contributed by atoms with van der Waals surface area (Å²) < 4.78 is 10.9. The van der Waals surface area contributed by atoms with Crippen molar-refractivity contribution in [1.82, 2.24) is 5.32 Å². The molecule has 14 nitrogen and oxygen atoms in total. The normalized spacial score (nSPS) is 22.5. The molecule has 12 atom stereocenters. The number of carbonyl (C=O) groups excluding carboxylic acids is 1. The zero-order chi connectivity index (χ0) is 47.4. The van der Waals surface area contributed by atoms with Crippen molar-refractivity contribution in [2.24, 2.45) is 0 Å². The van der Waals surface area contributed by atoms with Crippen molar-refractivity contribution in [1.29, 1.82) is 0 Å². The lowest BCUT2D eigenvalue weighted by atomic mass is 9.94. The second kappa shape index (κ2) is 39.9. The molecule has 1 rings (SSSR count). The van der Waals surface area contributed by atoms with Gasteiger partial charge in [0, 0.05) is 0 Å². The number of amides is 1. The van der Waals surface area contributed by atoms with E-state index in [0.29, 0.717) is 12.8 Å². The average Bonchev–Trinajstić information content (AvgIpc) is 3.29. The highest BCUT2D eigenvalue weighted by atomic mass is 16.7. The molecule has 0 spiro atoms. The Kier molecular flexibility index (Phi) is 38.1. The van der Waals surface area contributed by atoms with Crippen LogP contribution in [0.3, 0.4) is 0 Å². The van der Waals surface area contributed by atoms with Gasteiger partial charge in [0.25, 0.3) is 5.91 Å². The monoisotopic (exact) mass is 922 g/mol. The predicted molar refractivity (Wildman–Crippen MR) is 251 cm³/mol. The Hall–Kier alpha value is -1.01. The summed E-state index contributed by atoms with van der Waals surface area (Å²) in [5.41, 5.74) is 0. The van der Waals surface area contributed by atoms with E-state index in [2.05, 4.69) is 19.2 Å². The number of hydrogen-bond donors (Lipinski definition) is 11. The molecule has 0 saturated carbocycles. The Labute approximate surface area is 387 Å². The molecule has 0 aromatic carbocycles. The van der Waals surface area contributed by atoms with Crippen molar-refractivity contribution >= 4 is 5.91 Å². The average molecular weight is 922 g/mol. The molecule has 1 amide bonds. The molecule has 0 aromatic rings. The Balaban J connectivity index is 2.49. The molecule has 7 unspecified atom stereocenters. The van der Waals surface area contributed by atoms with Gasteiger partial charge in [-0.25, -0.2) is 0 Å². The summed E-state index contributed by atoms with van der Waals surface area (Å²) in [5, 5.41) is 108. The number of aliphatic hydroxyl groups is 10. The first kappa shape index (κ1) is 61.0. The first-order valence-corrected chi connectivity index (χ1v) is 26.2. The topological polar surface area (TPSA) is 250 Å². The number of nitrogens with one attached hydrogen (secondary N) is 1. The largest absolute Gasteiger partial charge is 0.394 e. The van der Waals surface area contributed by atoms with Crippen molar-refractivity contribution < 1.29 is 65.3 Å². The van der Waals surface area contributed by atoms with Crippen LogP contribution in [0.5, 0.6) is 0 Å². The van der Waals surface area contributed by atoms with Gasteiger partial charge in [0.15, 0.2) is 12.4 Å². The molecule has 0 bridgehead atoms. The molecule has 382 valence electrons. The van der Waals surface area contributed by atoms with Gasteiger partial charge in [-0.05, 0) is 12.8 Å². The van der Waals surface area contributed by atoms with Gasteiger partial charge in [-0.2, -0.15) is 0 Å². The fourth-order valence-electron chi connectivity index (χ4n) is 8.69. The summed E-state index contributed by atoms with van der Waals surface area (Å²) in [6.45, 7) is 3.01. The molecule has 0 aromatic heterocycles. The van der Waals surface area contributed by atoms with Crippen LogP contribution >= 0.6 is 0 Å². The van der Waals surface area contributed by atoms with Crippen molar-refractivity contribution in [3.05, 3.63) is 0 Å². The lowest BCUT2D eigenvalue weighted by Crippen LogP contribution is -2.61. The van der Waals surface area contributed by atoms with Crippen LogP contribution in [-0.4, -0.2) is 144 Å². The van der Waals surface area contributed by atoms with Gasteiger partial charge >= 0.3 is 0 Å². The van der Waals surface area contributed by atoms with Crippen molar-refractivity contribution in [2.75, 3.05) is 13.2 Å². The standard InChI is InChI=1S/C50H99NO13/c1-3-5-7-9-11-13-15-16-17-18-19-20-21-22-23-24-25-27-29-31-33-35-40(54)44(57)49(62)51-38(37-63-50-48(61)47(60)45(58)41(36-52)64-50)42(55)46(59)43(56)39(53)34-32-30-28-26-14-12-10-8-6-4-2/h38-48,50,52-61H,3-37H2,1-2H3,(H,51,62)/t38?,39?,40?,41-,42?,43?,44?,45+,46?,47+,48-,50+/m1/s1. The molecule has 1 aliphatic rings. The van der Waals surface area contributed by atoms with E-state index in [-0.39, 0.29) is 12.8 Å². The minimum absolute atomic E-state index is 0.148. The van der Waals surface area contributed by atoms with Gasteiger partial charge in [0.05, 0.1) is 31.5 Å². The van der Waals surface area contributed by atoms with Crippen LogP contribution in [0.25, 0.3) is 0 Å². The first-order chi connectivity index (χ1) is 30.9. The Morgan fingerprint density at radius 3 is 1.22 bits per heavy atom. The third kappa shape index (κ3) is 27.7. The number of carbonyl (C=O) groups is 1. The van der Waals surface area contributed by atoms with E-state index in [1.807, 2.05) is 0 Å². The fourth-order valence-corrected chi connectivity index (χ4v) is 8.69. The van der Waals surface area contributed by atoms with Gasteiger partial charge < -0.3 is 65.9 Å². The van der Waals surface area contributed by atoms with E-state index >= 15 is 0 Å². The molecule has 14 heteroatoms. The second-order valence-corrected chi connectivity index (χ2v) is 19.0. The lowest BCUT2D eigenvalue weighted by molar-refractivity contribution is -0.303.